The van der Waals surface area contributed by atoms with Crippen molar-refractivity contribution in [1.29, 1.82) is 0 Å². The standard InChI is InChI=1S/C13H9N3OS/c17-12-8-11(15-13-16(12)6-7-18-13)4-3-10-2-1-5-14-9-10/h1-9H/b4-3+. The lowest BCUT2D eigenvalue weighted by atomic mass is 10.2. The maximum Gasteiger partial charge on any atom is 0.259 e. The zero-order valence-corrected chi connectivity index (χ0v) is 10.2. The summed E-state index contributed by atoms with van der Waals surface area (Å²) < 4.78 is 1.53. The Kier molecular flexibility index (Phi) is 2.74. The second-order valence-electron chi connectivity index (χ2n) is 3.69. The lowest BCUT2D eigenvalue weighted by Gasteiger charge is -1.95. The van der Waals surface area contributed by atoms with Crippen molar-refractivity contribution in [3.63, 3.8) is 0 Å². The second kappa shape index (κ2) is 4.54. The fraction of sp³-hybridized carbons (Fsp3) is 0. The molecule has 0 fully saturated rings. The van der Waals surface area contributed by atoms with Crippen LogP contribution in [0.15, 0.2) is 47.0 Å². The summed E-state index contributed by atoms with van der Waals surface area (Å²) in [5.74, 6) is 0. The molecule has 0 bridgehead atoms. The number of hydrogen-bond donors (Lipinski definition) is 0. The Labute approximate surface area is 107 Å². The SMILES string of the molecule is O=c1cc(/C=C/c2cccnc2)nc2sccn12. The van der Waals surface area contributed by atoms with Gasteiger partial charge in [0.05, 0.1) is 5.69 Å². The number of fused-ring (bicyclic) bond motifs is 1. The third-order valence-electron chi connectivity index (χ3n) is 2.45. The van der Waals surface area contributed by atoms with Gasteiger partial charge >= 0.3 is 0 Å². The molecule has 3 rings (SSSR count). The van der Waals surface area contributed by atoms with E-state index in [2.05, 4.69) is 9.97 Å². The largest absolute Gasteiger partial charge is 0.269 e. The Morgan fingerprint density at radius 2 is 2.28 bits per heavy atom. The third-order valence-corrected chi connectivity index (χ3v) is 3.21. The van der Waals surface area contributed by atoms with Crippen molar-refractivity contribution in [2.45, 2.75) is 0 Å². The van der Waals surface area contributed by atoms with Crippen LogP contribution in [0.1, 0.15) is 11.3 Å². The Morgan fingerprint density at radius 3 is 3.11 bits per heavy atom. The molecule has 3 heterocycles. The summed E-state index contributed by atoms with van der Waals surface area (Å²) in [6.45, 7) is 0. The molecule has 4 nitrogen and oxygen atoms in total. The lowest BCUT2D eigenvalue weighted by Crippen LogP contribution is -2.11. The molecule has 5 heteroatoms. The number of pyridine rings is 1. The maximum absolute atomic E-state index is 11.8. The minimum atomic E-state index is -0.0629. The third kappa shape index (κ3) is 2.08. The minimum Gasteiger partial charge on any atom is -0.269 e. The average Bonchev–Trinajstić information content (AvgIpc) is 2.86. The minimum absolute atomic E-state index is 0.0629. The van der Waals surface area contributed by atoms with Gasteiger partial charge in [-0.15, -0.1) is 11.3 Å². The first-order chi connectivity index (χ1) is 8.83. The van der Waals surface area contributed by atoms with Gasteiger partial charge in [-0.1, -0.05) is 12.1 Å². The summed E-state index contributed by atoms with van der Waals surface area (Å²) in [7, 11) is 0. The topological polar surface area (TPSA) is 47.3 Å². The van der Waals surface area contributed by atoms with E-state index >= 15 is 0 Å². The van der Waals surface area contributed by atoms with Gasteiger partial charge in [-0.2, -0.15) is 0 Å². The fourth-order valence-electron chi connectivity index (χ4n) is 1.60. The number of rotatable bonds is 2. The molecule has 0 aliphatic carbocycles. The van der Waals surface area contributed by atoms with Crippen LogP contribution in [-0.4, -0.2) is 14.4 Å². The first kappa shape index (κ1) is 10.9. The van der Waals surface area contributed by atoms with E-state index in [1.165, 1.54) is 21.8 Å². The Balaban J connectivity index is 2.00. The van der Waals surface area contributed by atoms with E-state index in [1.807, 2.05) is 29.7 Å². The monoisotopic (exact) mass is 255 g/mol. The number of aromatic nitrogens is 3. The van der Waals surface area contributed by atoms with Gasteiger partial charge in [-0.3, -0.25) is 14.2 Å². The van der Waals surface area contributed by atoms with Crippen molar-refractivity contribution in [2.24, 2.45) is 0 Å². The van der Waals surface area contributed by atoms with Gasteiger partial charge in [0, 0.05) is 30.0 Å². The maximum atomic E-state index is 11.8. The zero-order chi connectivity index (χ0) is 12.4. The van der Waals surface area contributed by atoms with Gasteiger partial charge in [0.1, 0.15) is 0 Å². The molecule has 0 amide bonds. The molecule has 0 saturated heterocycles. The van der Waals surface area contributed by atoms with Gasteiger partial charge in [0.15, 0.2) is 4.96 Å². The molecule has 0 spiro atoms. The van der Waals surface area contributed by atoms with Crippen molar-refractivity contribution >= 4 is 28.4 Å². The molecule has 0 aliphatic rings. The summed E-state index contributed by atoms with van der Waals surface area (Å²) in [5.41, 5.74) is 1.57. The van der Waals surface area contributed by atoms with Crippen molar-refractivity contribution in [3.8, 4) is 0 Å². The normalized spacial score (nSPS) is 11.3. The van der Waals surface area contributed by atoms with Crippen LogP contribution in [0.25, 0.3) is 17.1 Å². The molecular weight excluding hydrogens is 246 g/mol. The highest BCUT2D eigenvalue weighted by Crippen LogP contribution is 2.09. The summed E-state index contributed by atoms with van der Waals surface area (Å²) in [6, 6.07) is 5.33. The van der Waals surface area contributed by atoms with Crippen LogP contribution in [0.4, 0.5) is 0 Å². The van der Waals surface area contributed by atoms with Crippen molar-refractivity contribution in [2.75, 3.05) is 0 Å². The fourth-order valence-corrected chi connectivity index (χ4v) is 2.33. The molecule has 18 heavy (non-hydrogen) atoms. The highest BCUT2D eigenvalue weighted by atomic mass is 32.1. The first-order valence-electron chi connectivity index (χ1n) is 5.38. The summed E-state index contributed by atoms with van der Waals surface area (Å²) in [4.78, 5) is 20.9. The quantitative estimate of drug-likeness (QED) is 0.706. The van der Waals surface area contributed by atoms with Crippen molar-refractivity contribution in [1.82, 2.24) is 14.4 Å². The van der Waals surface area contributed by atoms with Crippen LogP contribution in [0.2, 0.25) is 0 Å². The predicted molar refractivity (Wildman–Crippen MR) is 72.5 cm³/mol. The molecule has 3 aromatic heterocycles. The zero-order valence-electron chi connectivity index (χ0n) is 9.35. The van der Waals surface area contributed by atoms with E-state index in [-0.39, 0.29) is 5.56 Å². The molecule has 0 saturated carbocycles. The molecule has 0 radical (unpaired) electrons. The first-order valence-corrected chi connectivity index (χ1v) is 6.26. The Hall–Kier alpha value is -2.27. The van der Waals surface area contributed by atoms with Gasteiger partial charge < -0.3 is 0 Å². The average molecular weight is 255 g/mol. The molecule has 0 atom stereocenters. The molecular formula is C13H9N3OS. The van der Waals surface area contributed by atoms with Crippen LogP contribution in [-0.2, 0) is 0 Å². The van der Waals surface area contributed by atoms with E-state index in [0.717, 1.165) is 5.56 Å². The van der Waals surface area contributed by atoms with Gasteiger partial charge in [-0.05, 0) is 17.7 Å². The summed E-state index contributed by atoms with van der Waals surface area (Å²) in [6.07, 6.45) is 8.91. The van der Waals surface area contributed by atoms with Crippen LogP contribution >= 0.6 is 11.3 Å². The lowest BCUT2D eigenvalue weighted by molar-refractivity contribution is 1.07. The van der Waals surface area contributed by atoms with E-state index < -0.39 is 0 Å². The molecule has 3 aromatic rings. The van der Waals surface area contributed by atoms with Crippen molar-refractivity contribution < 1.29 is 0 Å². The second-order valence-corrected chi connectivity index (χ2v) is 4.57. The van der Waals surface area contributed by atoms with E-state index in [1.54, 1.807) is 18.6 Å². The van der Waals surface area contributed by atoms with Crippen LogP contribution in [0, 0.1) is 0 Å². The van der Waals surface area contributed by atoms with Gasteiger partial charge in [-0.25, -0.2) is 4.98 Å². The number of hydrogen-bond acceptors (Lipinski definition) is 4. The molecule has 88 valence electrons. The highest BCUT2D eigenvalue weighted by Gasteiger charge is 2.00. The van der Waals surface area contributed by atoms with E-state index in [9.17, 15) is 4.79 Å². The van der Waals surface area contributed by atoms with Crippen LogP contribution in [0.3, 0.4) is 0 Å². The number of thiazole rings is 1. The number of nitrogens with zero attached hydrogens (tertiary/aromatic N) is 3. The summed E-state index contributed by atoms with van der Waals surface area (Å²) >= 11 is 1.44. The molecule has 0 N–H and O–H groups in total. The predicted octanol–water partition coefficient (Wildman–Crippen LogP) is 2.32. The Bertz CT molecular complexity index is 759. The van der Waals surface area contributed by atoms with Gasteiger partial charge in [0.2, 0.25) is 0 Å². The Morgan fingerprint density at radius 1 is 1.33 bits per heavy atom. The molecule has 0 unspecified atom stereocenters. The molecule has 0 aliphatic heterocycles. The van der Waals surface area contributed by atoms with Crippen LogP contribution in [0.5, 0.6) is 0 Å². The van der Waals surface area contributed by atoms with Gasteiger partial charge in [0.25, 0.3) is 5.56 Å². The summed E-state index contributed by atoms with van der Waals surface area (Å²) in [5, 5.41) is 1.85. The van der Waals surface area contributed by atoms with Crippen molar-refractivity contribution in [3.05, 3.63) is 63.8 Å². The van der Waals surface area contributed by atoms with E-state index in [0.29, 0.717) is 10.7 Å². The smallest absolute Gasteiger partial charge is 0.259 e. The highest BCUT2D eigenvalue weighted by molar-refractivity contribution is 7.15. The molecule has 0 aromatic carbocycles. The van der Waals surface area contributed by atoms with Crippen LogP contribution < -0.4 is 5.56 Å². The van der Waals surface area contributed by atoms with E-state index in [4.69, 9.17) is 0 Å².